The number of rotatable bonds is 7. The van der Waals surface area contributed by atoms with E-state index in [0.717, 1.165) is 16.7 Å². The maximum atomic E-state index is 13.4. The Morgan fingerprint density at radius 3 is 1.49 bits per heavy atom. The van der Waals surface area contributed by atoms with E-state index in [0.29, 0.717) is 11.9 Å². The van der Waals surface area contributed by atoms with Crippen LogP contribution in [0.15, 0.2) is 152 Å². The van der Waals surface area contributed by atoms with Gasteiger partial charge in [0.15, 0.2) is 6.16 Å². The maximum Gasteiger partial charge on any atom is 0.338 e. The molecule has 0 N–H and O–H groups in total. The second-order valence-electron chi connectivity index (χ2n) is 9.99. The van der Waals surface area contributed by atoms with Crippen LogP contribution in [0.25, 0.3) is 5.76 Å². The summed E-state index contributed by atoms with van der Waals surface area (Å²) >= 11 is 0. The minimum Gasteiger partial charge on any atom is -1.00 e. The lowest BCUT2D eigenvalue weighted by molar-refractivity contribution is -0.204. The van der Waals surface area contributed by atoms with Crippen molar-refractivity contribution < 1.29 is 31.2 Å². The van der Waals surface area contributed by atoms with Gasteiger partial charge in [-0.15, -0.1) is 0 Å². The van der Waals surface area contributed by atoms with E-state index in [9.17, 15) is 4.79 Å². The van der Waals surface area contributed by atoms with Gasteiger partial charge in [-0.25, -0.2) is 4.79 Å². The van der Waals surface area contributed by atoms with Crippen LogP contribution in [0.5, 0.6) is 0 Å². The number of esters is 1. The standard InChI is InChI=1S/C36H30O3P.BrH/c1-28-22-24-29(25-23-28)34-26-35(37)39-36(38-34,30-14-6-2-7-15-30)27-40(31-16-8-3-9-17-31,32-18-10-4-11-19-32)33-20-12-5-13-21-33;/h2-26H,27H2,1H3;1H/q+1;/p-1. The number of halogens is 1. The second-order valence-corrected chi connectivity index (χ2v) is 13.5. The molecular weight excluding hydrogens is 591 g/mol. The number of benzene rings is 5. The molecule has 1 aliphatic heterocycles. The fourth-order valence-electron chi connectivity index (χ4n) is 5.43. The predicted octanol–water partition coefficient (Wildman–Crippen LogP) is 3.76. The lowest BCUT2D eigenvalue weighted by Crippen LogP contribution is -3.00. The van der Waals surface area contributed by atoms with Crippen LogP contribution in [0.4, 0.5) is 0 Å². The van der Waals surface area contributed by atoms with Crippen molar-refractivity contribution in [3.63, 3.8) is 0 Å². The molecule has 1 heterocycles. The average Bonchev–Trinajstić information content (AvgIpc) is 3.02. The summed E-state index contributed by atoms with van der Waals surface area (Å²) in [5.74, 6) is -1.27. The maximum absolute atomic E-state index is 13.4. The number of aryl methyl sites for hydroxylation is 1. The van der Waals surface area contributed by atoms with Gasteiger partial charge in [-0.2, -0.15) is 0 Å². The zero-order valence-corrected chi connectivity index (χ0v) is 25.2. The molecule has 204 valence electrons. The van der Waals surface area contributed by atoms with E-state index in [2.05, 4.69) is 72.8 Å². The summed E-state index contributed by atoms with van der Waals surface area (Å²) in [6.45, 7) is 2.04. The van der Waals surface area contributed by atoms with E-state index >= 15 is 0 Å². The van der Waals surface area contributed by atoms with Crippen molar-refractivity contribution in [1.29, 1.82) is 0 Å². The smallest absolute Gasteiger partial charge is 0.338 e. The lowest BCUT2D eigenvalue weighted by Gasteiger charge is -2.40. The number of hydrogen-bond acceptors (Lipinski definition) is 3. The summed E-state index contributed by atoms with van der Waals surface area (Å²) in [5.41, 5.74) is 2.78. The molecular formula is C36H30BrO3P. The zero-order chi connectivity index (χ0) is 27.4. The molecule has 0 bridgehead atoms. The van der Waals surface area contributed by atoms with Gasteiger partial charge in [0.1, 0.15) is 28.9 Å². The highest BCUT2D eigenvalue weighted by atomic mass is 79.9. The van der Waals surface area contributed by atoms with Crippen LogP contribution in [-0.4, -0.2) is 12.1 Å². The highest BCUT2D eigenvalue weighted by Crippen LogP contribution is 2.60. The molecule has 1 unspecified atom stereocenters. The molecule has 0 spiro atoms. The van der Waals surface area contributed by atoms with Crippen LogP contribution in [-0.2, 0) is 20.1 Å². The van der Waals surface area contributed by atoms with Gasteiger partial charge in [-0.05, 0) is 43.3 Å². The third-order valence-corrected chi connectivity index (χ3v) is 11.8. The molecule has 0 radical (unpaired) electrons. The first-order chi connectivity index (χ1) is 19.6. The van der Waals surface area contributed by atoms with Gasteiger partial charge in [0, 0.05) is 11.1 Å². The molecule has 5 heteroatoms. The van der Waals surface area contributed by atoms with Crippen molar-refractivity contribution in [1.82, 2.24) is 0 Å². The molecule has 5 aromatic rings. The summed E-state index contributed by atoms with van der Waals surface area (Å²) in [6.07, 6.45) is 1.89. The monoisotopic (exact) mass is 620 g/mol. The molecule has 0 aliphatic carbocycles. The Morgan fingerprint density at radius 2 is 1.02 bits per heavy atom. The van der Waals surface area contributed by atoms with E-state index in [4.69, 9.17) is 9.47 Å². The van der Waals surface area contributed by atoms with Crippen molar-refractivity contribution in [3.05, 3.63) is 168 Å². The minimum absolute atomic E-state index is 0. The van der Waals surface area contributed by atoms with Crippen molar-refractivity contribution in [3.8, 4) is 0 Å². The van der Waals surface area contributed by atoms with Crippen molar-refractivity contribution in [2.45, 2.75) is 12.7 Å². The predicted molar refractivity (Wildman–Crippen MR) is 164 cm³/mol. The first-order valence-electron chi connectivity index (χ1n) is 13.4. The van der Waals surface area contributed by atoms with Crippen LogP contribution in [0.3, 0.4) is 0 Å². The van der Waals surface area contributed by atoms with Crippen LogP contribution < -0.4 is 32.9 Å². The summed E-state index contributed by atoms with van der Waals surface area (Å²) in [6, 6.07) is 49.6. The average molecular weight is 622 g/mol. The number of cyclic esters (lactones) is 1. The van der Waals surface area contributed by atoms with Gasteiger partial charge in [-0.3, -0.25) is 0 Å². The summed E-state index contributed by atoms with van der Waals surface area (Å²) < 4.78 is 13.3. The molecule has 0 aromatic heterocycles. The van der Waals surface area contributed by atoms with E-state index in [1.54, 1.807) is 0 Å². The number of carbonyl (C=O) groups is 1. The molecule has 41 heavy (non-hydrogen) atoms. The topological polar surface area (TPSA) is 35.5 Å². The van der Waals surface area contributed by atoms with E-state index in [-0.39, 0.29) is 17.0 Å². The van der Waals surface area contributed by atoms with Crippen LogP contribution in [0.1, 0.15) is 16.7 Å². The minimum atomic E-state index is -2.43. The summed E-state index contributed by atoms with van der Waals surface area (Å²) in [4.78, 5) is 13.4. The largest absolute Gasteiger partial charge is 1.00 e. The quantitative estimate of drug-likeness (QED) is 0.205. The van der Waals surface area contributed by atoms with Crippen LogP contribution in [0, 0.1) is 6.92 Å². The van der Waals surface area contributed by atoms with Crippen LogP contribution in [0.2, 0.25) is 0 Å². The molecule has 5 aromatic carbocycles. The van der Waals surface area contributed by atoms with Gasteiger partial charge in [0.2, 0.25) is 0 Å². The number of hydrogen-bond donors (Lipinski definition) is 0. The van der Waals surface area contributed by atoms with Crippen molar-refractivity contribution >= 4 is 34.9 Å². The van der Waals surface area contributed by atoms with E-state index in [1.807, 2.05) is 79.7 Å². The highest BCUT2D eigenvalue weighted by Gasteiger charge is 2.57. The molecule has 1 aliphatic rings. The molecule has 1 atom stereocenters. The summed E-state index contributed by atoms with van der Waals surface area (Å²) in [5, 5.41) is 3.57. The van der Waals surface area contributed by atoms with Gasteiger partial charge < -0.3 is 26.5 Å². The van der Waals surface area contributed by atoms with Crippen molar-refractivity contribution in [2.75, 3.05) is 6.16 Å². The fourth-order valence-corrected chi connectivity index (χ4v) is 9.86. The van der Waals surface area contributed by atoms with E-state index in [1.165, 1.54) is 22.0 Å². The van der Waals surface area contributed by atoms with Gasteiger partial charge in [0.25, 0.3) is 0 Å². The Morgan fingerprint density at radius 1 is 0.585 bits per heavy atom. The molecule has 0 fully saturated rings. The number of carbonyl (C=O) groups excluding carboxylic acids is 1. The molecule has 0 amide bonds. The second kappa shape index (κ2) is 12.3. The molecule has 0 saturated carbocycles. The van der Waals surface area contributed by atoms with Gasteiger partial charge in [-0.1, -0.05) is 115 Å². The third kappa shape index (κ3) is 5.63. The first kappa shape index (κ1) is 28.5. The summed E-state index contributed by atoms with van der Waals surface area (Å²) in [7, 11) is -2.43. The molecule has 3 nitrogen and oxygen atoms in total. The first-order valence-corrected chi connectivity index (χ1v) is 15.4. The fraction of sp³-hybridized carbons (Fsp3) is 0.0833. The zero-order valence-electron chi connectivity index (χ0n) is 22.7. The third-order valence-electron chi connectivity index (χ3n) is 7.38. The van der Waals surface area contributed by atoms with Crippen molar-refractivity contribution in [2.24, 2.45) is 0 Å². The molecule has 6 rings (SSSR count). The Labute approximate surface area is 252 Å². The normalized spacial score (nSPS) is 16.5. The Hall–Kier alpha value is -3.98. The van der Waals surface area contributed by atoms with Gasteiger partial charge in [0.05, 0.1) is 6.08 Å². The Kier molecular flexibility index (Phi) is 8.54. The molecule has 0 saturated heterocycles. The Balaban J connectivity index is 0.00000337. The number of ether oxygens (including phenoxy) is 2. The Bertz CT molecular complexity index is 1530. The SMILES string of the molecule is Cc1ccc(C2=CC(=O)OC(C[P+](c3ccccc3)(c3ccccc3)c3ccccc3)(c3ccccc3)O2)cc1.[Br-]. The van der Waals surface area contributed by atoms with Crippen LogP contribution >= 0.6 is 7.26 Å². The van der Waals surface area contributed by atoms with E-state index < -0.39 is 19.0 Å². The lowest BCUT2D eigenvalue weighted by atomic mass is 10.0. The highest BCUT2D eigenvalue weighted by molar-refractivity contribution is 7.95. The van der Waals surface area contributed by atoms with Gasteiger partial charge >= 0.3 is 11.8 Å².